The summed E-state index contributed by atoms with van der Waals surface area (Å²) in [4.78, 5) is 2.04. The van der Waals surface area contributed by atoms with E-state index in [1.807, 2.05) is 31.1 Å². The molecule has 0 heterocycles. The van der Waals surface area contributed by atoms with Gasteiger partial charge in [-0.25, -0.2) is 0 Å². The molecule has 1 saturated carbocycles. The van der Waals surface area contributed by atoms with Crippen molar-refractivity contribution in [3.05, 3.63) is 28.2 Å². The summed E-state index contributed by atoms with van der Waals surface area (Å²) in [5.74, 6) is 0. The molecule has 1 aliphatic carbocycles. The number of rotatable bonds is 2. The number of hydrogen-bond donors (Lipinski definition) is 1. The summed E-state index contributed by atoms with van der Waals surface area (Å²) in [6, 6.07) is 6.04. The van der Waals surface area contributed by atoms with Gasteiger partial charge in [-0.2, -0.15) is 0 Å². The molecule has 1 aliphatic rings. The first-order valence-corrected chi connectivity index (χ1v) is 5.52. The summed E-state index contributed by atoms with van der Waals surface area (Å²) in [5.41, 5.74) is 1.61. The third-order valence-electron chi connectivity index (χ3n) is 2.69. The average molecular weight is 256 g/mol. The van der Waals surface area contributed by atoms with Crippen LogP contribution in [-0.4, -0.2) is 19.2 Å². The Labute approximate surface area is 92.7 Å². The molecule has 0 amide bonds. The van der Waals surface area contributed by atoms with E-state index >= 15 is 0 Å². The maximum atomic E-state index is 9.96. The summed E-state index contributed by atoms with van der Waals surface area (Å²) in [6.45, 7) is 0. The maximum Gasteiger partial charge on any atom is 0.0899 e. The highest BCUT2D eigenvalue weighted by Gasteiger charge is 2.42. The van der Waals surface area contributed by atoms with Gasteiger partial charge < -0.3 is 10.0 Å². The molecular weight excluding hydrogens is 242 g/mol. The average Bonchev–Trinajstić information content (AvgIpc) is 2.85. The molecule has 0 unspecified atom stereocenters. The van der Waals surface area contributed by atoms with Crippen molar-refractivity contribution < 1.29 is 5.11 Å². The zero-order valence-electron chi connectivity index (χ0n) is 8.42. The molecule has 14 heavy (non-hydrogen) atoms. The Morgan fingerprint density at radius 2 is 2.00 bits per heavy atom. The van der Waals surface area contributed by atoms with Gasteiger partial charge in [-0.15, -0.1) is 0 Å². The second-order valence-electron chi connectivity index (χ2n) is 4.09. The molecule has 0 atom stereocenters. The monoisotopic (exact) mass is 255 g/mol. The second-order valence-corrected chi connectivity index (χ2v) is 4.95. The van der Waals surface area contributed by atoms with Crippen LogP contribution in [0.5, 0.6) is 0 Å². The fraction of sp³-hybridized carbons (Fsp3) is 0.455. The highest BCUT2D eigenvalue weighted by molar-refractivity contribution is 9.10. The van der Waals surface area contributed by atoms with Crippen molar-refractivity contribution in [2.45, 2.75) is 18.4 Å². The van der Waals surface area contributed by atoms with Gasteiger partial charge in [0.05, 0.1) is 11.3 Å². The van der Waals surface area contributed by atoms with Crippen LogP contribution in [0.4, 0.5) is 5.69 Å². The third-order valence-corrected chi connectivity index (χ3v) is 3.36. The van der Waals surface area contributed by atoms with E-state index in [1.165, 1.54) is 0 Å². The molecular formula is C11H14BrNO. The summed E-state index contributed by atoms with van der Waals surface area (Å²) in [6.07, 6.45) is 1.78. The molecule has 2 rings (SSSR count). The lowest BCUT2D eigenvalue weighted by Crippen LogP contribution is -2.11. The zero-order valence-corrected chi connectivity index (χ0v) is 10.0. The predicted octanol–water partition coefficient (Wildman–Crippen LogP) is 2.50. The Hall–Kier alpha value is -0.540. The molecule has 2 nitrogen and oxygen atoms in total. The van der Waals surface area contributed by atoms with Crippen molar-refractivity contribution >= 4 is 21.6 Å². The standard InChI is InChI=1S/C11H14BrNO/c1-13(2)10-7-8(3-4-9(10)12)11(14)5-6-11/h3-4,7,14H,5-6H2,1-2H3. The van der Waals surface area contributed by atoms with Crippen LogP contribution in [0.2, 0.25) is 0 Å². The van der Waals surface area contributed by atoms with Gasteiger partial charge in [0.15, 0.2) is 0 Å². The first-order chi connectivity index (χ1) is 6.53. The lowest BCUT2D eigenvalue weighted by Gasteiger charge is -2.17. The molecule has 0 spiro atoms. The van der Waals surface area contributed by atoms with Crippen LogP contribution in [-0.2, 0) is 5.60 Å². The zero-order chi connectivity index (χ0) is 10.3. The van der Waals surface area contributed by atoms with E-state index in [4.69, 9.17) is 0 Å². The van der Waals surface area contributed by atoms with Gasteiger partial charge in [0, 0.05) is 18.6 Å². The van der Waals surface area contributed by atoms with E-state index < -0.39 is 5.60 Å². The summed E-state index contributed by atoms with van der Waals surface area (Å²) >= 11 is 3.49. The van der Waals surface area contributed by atoms with Gasteiger partial charge in [-0.3, -0.25) is 0 Å². The highest BCUT2D eigenvalue weighted by Crippen LogP contribution is 2.46. The second kappa shape index (κ2) is 3.24. The minimum absolute atomic E-state index is 0.536. The Bertz CT molecular complexity index is 358. The minimum Gasteiger partial charge on any atom is -0.385 e. The topological polar surface area (TPSA) is 23.5 Å². The smallest absolute Gasteiger partial charge is 0.0899 e. The molecule has 0 bridgehead atoms. The fourth-order valence-electron chi connectivity index (χ4n) is 1.55. The predicted molar refractivity (Wildman–Crippen MR) is 61.6 cm³/mol. The summed E-state index contributed by atoms with van der Waals surface area (Å²) in [7, 11) is 4.00. The van der Waals surface area contributed by atoms with Gasteiger partial charge in [-0.05, 0) is 46.5 Å². The number of nitrogens with zero attached hydrogens (tertiary/aromatic N) is 1. The Morgan fingerprint density at radius 1 is 1.36 bits per heavy atom. The van der Waals surface area contributed by atoms with Crippen molar-refractivity contribution in [2.24, 2.45) is 0 Å². The molecule has 0 saturated heterocycles. The number of halogens is 1. The Kier molecular flexibility index (Phi) is 2.32. The van der Waals surface area contributed by atoms with Crippen molar-refractivity contribution in [2.75, 3.05) is 19.0 Å². The molecule has 76 valence electrons. The maximum absolute atomic E-state index is 9.96. The van der Waals surface area contributed by atoms with E-state index in [1.54, 1.807) is 0 Å². The van der Waals surface area contributed by atoms with E-state index in [-0.39, 0.29) is 0 Å². The minimum atomic E-state index is -0.536. The lowest BCUT2D eigenvalue weighted by molar-refractivity contribution is 0.151. The van der Waals surface area contributed by atoms with Crippen LogP contribution in [0.1, 0.15) is 18.4 Å². The van der Waals surface area contributed by atoms with Crippen LogP contribution in [0, 0.1) is 0 Å². The van der Waals surface area contributed by atoms with Gasteiger partial charge in [0.2, 0.25) is 0 Å². The van der Waals surface area contributed by atoms with E-state index in [0.717, 1.165) is 28.6 Å². The van der Waals surface area contributed by atoms with Crippen LogP contribution in [0.3, 0.4) is 0 Å². The first kappa shape index (κ1) is 9.99. The Balaban J connectivity index is 2.41. The van der Waals surface area contributed by atoms with Crippen LogP contribution in [0.25, 0.3) is 0 Å². The molecule has 1 aromatic carbocycles. The highest BCUT2D eigenvalue weighted by atomic mass is 79.9. The lowest BCUT2D eigenvalue weighted by atomic mass is 10.1. The SMILES string of the molecule is CN(C)c1cc(C2(O)CC2)ccc1Br. The van der Waals surface area contributed by atoms with E-state index in [9.17, 15) is 5.11 Å². The molecule has 0 aliphatic heterocycles. The normalized spacial score (nSPS) is 18.0. The number of aliphatic hydroxyl groups is 1. The Morgan fingerprint density at radius 3 is 2.50 bits per heavy atom. The first-order valence-electron chi connectivity index (χ1n) is 4.73. The van der Waals surface area contributed by atoms with Gasteiger partial charge in [0.1, 0.15) is 0 Å². The summed E-state index contributed by atoms with van der Waals surface area (Å²) < 4.78 is 1.07. The molecule has 0 radical (unpaired) electrons. The van der Waals surface area contributed by atoms with Crippen molar-refractivity contribution in [1.82, 2.24) is 0 Å². The van der Waals surface area contributed by atoms with Crippen molar-refractivity contribution in [3.63, 3.8) is 0 Å². The van der Waals surface area contributed by atoms with E-state index in [2.05, 4.69) is 22.0 Å². The number of benzene rings is 1. The fourth-order valence-corrected chi connectivity index (χ4v) is 2.15. The largest absolute Gasteiger partial charge is 0.385 e. The van der Waals surface area contributed by atoms with Crippen molar-refractivity contribution in [3.8, 4) is 0 Å². The van der Waals surface area contributed by atoms with Crippen LogP contribution >= 0.6 is 15.9 Å². The number of anilines is 1. The van der Waals surface area contributed by atoms with Crippen LogP contribution < -0.4 is 4.90 Å². The molecule has 1 aromatic rings. The molecule has 1 fully saturated rings. The molecule has 3 heteroatoms. The molecule has 0 aromatic heterocycles. The van der Waals surface area contributed by atoms with Crippen molar-refractivity contribution in [1.29, 1.82) is 0 Å². The van der Waals surface area contributed by atoms with Gasteiger partial charge in [-0.1, -0.05) is 6.07 Å². The summed E-state index contributed by atoms with van der Waals surface area (Å²) in [5, 5.41) is 9.96. The van der Waals surface area contributed by atoms with Crippen LogP contribution in [0.15, 0.2) is 22.7 Å². The quantitative estimate of drug-likeness (QED) is 0.878. The van der Waals surface area contributed by atoms with E-state index in [0.29, 0.717) is 0 Å². The third kappa shape index (κ3) is 1.66. The molecule has 1 N–H and O–H groups in total. The van der Waals surface area contributed by atoms with Gasteiger partial charge in [0.25, 0.3) is 0 Å². The van der Waals surface area contributed by atoms with Gasteiger partial charge >= 0.3 is 0 Å². The number of hydrogen-bond acceptors (Lipinski definition) is 2.